The standard InChI is InChI=1S/C25H33FN4O4/c1-5-20(29(3)24(33)19(27)13-16-6-9-18(26)10-7-16)25(34)30(4)21(23(28)32)14-17-8-11-22(31)15(2)12-17/h6-12,19-21,31H,5,13-14,27H2,1-4H3,(H2,28,32)/t19-,20-,21-/m0/s1. The Bertz CT molecular complexity index is 1030. The molecule has 0 spiro atoms. The van der Waals surface area contributed by atoms with E-state index in [1.165, 1.54) is 42.1 Å². The first-order valence-corrected chi connectivity index (χ1v) is 11.1. The second-order valence-electron chi connectivity index (χ2n) is 8.50. The maximum Gasteiger partial charge on any atom is 0.245 e. The first kappa shape index (κ1) is 26.8. The van der Waals surface area contributed by atoms with Gasteiger partial charge in [-0.2, -0.15) is 0 Å². The van der Waals surface area contributed by atoms with Crippen molar-refractivity contribution in [2.45, 2.75) is 51.2 Å². The normalized spacial score (nSPS) is 13.6. The van der Waals surface area contributed by atoms with Gasteiger partial charge in [0.1, 0.15) is 23.7 Å². The van der Waals surface area contributed by atoms with Crippen LogP contribution in [0.5, 0.6) is 5.75 Å². The minimum Gasteiger partial charge on any atom is -0.508 e. The molecule has 0 aliphatic heterocycles. The fourth-order valence-electron chi connectivity index (χ4n) is 3.88. The Kier molecular flexibility index (Phi) is 9.14. The van der Waals surface area contributed by atoms with E-state index in [4.69, 9.17) is 11.5 Å². The fourth-order valence-corrected chi connectivity index (χ4v) is 3.88. The van der Waals surface area contributed by atoms with Gasteiger partial charge < -0.3 is 26.4 Å². The van der Waals surface area contributed by atoms with Crippen LogP contribution in [0.3, 0.4) is 0 Å². The monoisotopic (exact) mass is 472 g/mol. The lowest BCUT2D eigenvalue weighted by Crippen LogP contribution is -2.56. The van der Waals surface area contributed by atoms with Gasteiger partial charge >= 0.3 is 0 Å². The van der Waals surface area contributed by atoms with Gasteiger partial charge in [-0.1, -0.05) is 31.2 Å². The zero-order valence-electron chi connectivity index (χ0n) is 20.0. The number of aromatic hydroxyl groups is 1. The molecule has 8 nitrogen and oxygen atoms in total. The Morgan fingerprint density at radius 1 is 0.941 bits per heavy atom. The first-order chi connectivity index (χ1) is 16.0. The molecule has 2 aromatic carbocycles. The first-order valence-electron chi connectivity index (χ1n) is 11.1. The zero-order chi connectivity index (χ0) is 25.6. The van der Waals surface area contributed by atoms with E-state index in [1.807, 2.05) is 0 Å². The van der Waals surface area contributed by atoms with Gasteiger partial charge in [-0.15, -0.1) is 0 Å². The van der Waals surface area contributed by atoms with Gasteiger partial charge in [0.2, 0.25) is 17.7 Å². The number of amides is 3. The number of likely N-dealkylation sites (N-methyl/N-ethyl adjacent to an activating group) is 2. The largest absolute Gasteiger partial charge is 0.508 e. The van der Waals surface area contributed by atoms with Crippen LogP contribution in [0.2, 0.25) is 0 Å². The number of phenols is 1. The van der Waals surface area contributed by atoms with Crippen LogP contribution in [0, 0.1) is 12.7 Å². The van der Waals surface area contributed by atoms with Crippen LogP contribution >= 0.6 is 0 Å². The Morgan fingerprint density at radius 3 is 2.03 bits per heavy atom. The summed E-state index contributed by atoms with van der Waals surface area (Å²) in [5.41, 5.74) is 13.8. The van der Waals surface area contributed by atoms with Crippen molar-refractivity contribution in [2.75, 3.05) is 14.1 Å². The summed E-state index contributed by atoms with van der Waals surface area (Å²) >= 11 is 0. The van der Waals surface area contributed by atoms with Crippen molar-refractivity contribution in [3.05, 3.63) is 65.0 Å². The van der Waals surface area contributed by atoms with Crippen LogP contribution < -0.4 is 11.5 Å². The third-order valence-electron chi connectivity index (χ3n) is 6.01. The molecule has 0 aliphatic rings. The molecule has 9 heteroatoms. The van der Waals surface area contributed by atoms with Gasteiger partial charge in [0.05, 0.1) is 6.04 Å². The summed E-state index contributed by atoms with van der Waals surface area (Å²) in [6, 6.07) is 7.91. The Hall–Kier alpha value is -3.46. The van der Waals surface area contributed by atoms with Gasteiger partial charge in [-0.25, -0.2) is 4.39 Å². The summed E-state index contributed by atoms with van der Waals surface area (Å²) in [6.45, 7) is 3.49. The molecule has 2 rings (SSSR count). The Labute approximate surface area is 199 Å². The van der Waals surface area contributed by atoms with Crippen LogP contribution in [-0.2, 0) is 27.2 Å². The SMILES string of the molecule is CC[C@@H](C(=O)N(C)[C@@H](Cc1ccc(O)c(C)c1)C(N)=O)N(C)C(=O)[C@@H](N)Cc1ccc(F)cc1. The Morgan fingerprint density at radius 2 is 1.50 bits per heavy atom. The lowest BCUT2D eigenvalue weighted by molar-refractivity contribution is -0.147. The summed E-state index contributed by atoms with van der Waals surface area (Å²) < 4.78 is 13.1. The van der Waals surface area contributed by atoms with Crippen molar-refractivity contribution in [3.8, 4) is 5.75 Å². The lowest BCUT2D eigenvalue weighted by Gasteiger charge is -2.34. The van der Waals surface area contributed by atoms with Gasteiger partial charge in [0.15, 0.2) is 0 Å². The lowest BCUT2D eigenvalue weighted by atomic mass is 10.0. The number of carbonyl (C=O) groups excluding carboxylic acids is 3. The maximum atomic E-state index is 13.3. The van der Waals surface area contributed by atoms with E-state index in [9.17, 15) is 23.9 Å². The van der Waals surface area contributed by atoms with Crippen LogP contribution in [0.15, 0.2) is 42.5 Å². The second-order valence-corrected chi connectivity index (χ2v) is 8.50. The predicted octanol–water partition coefficient (Wildman–Crippen LogP) is 1.50. The zero-order valence-corrected chi connectivity index (χ0v) is 20.0. The highest BCUT2D eigenvalue weighted by Crippen LogP contribution is 2.20. The third kappa shape index (κ3) is 6.54. The molecule has 0 saturated carbocycles. The van der Waals surface area contributed by atoms with Crippen molar-refractivity contribution in [1.82, 2.24) is 9.80 Å². The predicted molar refractivity (Wildman–Crippen MR) is 127 cm³/mol. The summed E-state index contributed by atoms with van der Waals surface area (Å²) in [7, 11) is 2.97. The van der Waals surface area contributed by atoms with Gasteiger partial charge in [0, 0.05) is 20.5 Å². The van der Waals surface area contributed by atoms with Gasteiger partial charge in [-0.3, -0.25) is 14.4 Å². The Balaban J connectivity index is 2.14. The highest BCUT2D eigenvalue weighted by molar-refractivity contribution is 5.92. The molecule has 0 aliphatic carbocycles. The van der Waals surface area contributed by atoms with E-state index in [0.29, 0.717) is 17.5 Å². The number of nitrogens with zero attached hydrogens (tertiary/aromatic N) is 2. The van der Waals surface area contributed by atoms with Crippen LogP contribution in [0.4, 0.5) is 4.39 Å². The van der Waals surface area contributed by atoms with Crippen molar-refractivity contribution in [2.24, 2.45) is 11.5 Å². The van der Waals surface area contributed by atoms with E-state index in [0.717, 1.165) is 5.56 Å². The molecule has 0 fully saturated rings. The molecule has 5 N–H and O–H groups in total. The number of hydrogen-bond donors (Lipinski definition) is 3. The molecule has 0 bridgehead atoms. The van der Waals surface area contributed by atoms with Crippen molar-refractivity contribution < 1.29 is 23.9 Å². The number of aryl methyl sites for hydroxylation is 1. The molecule has 0 radical (unpaired) electrons. The van der Waals surface area contributed by atoms with Gasteiger partial charge in [-0.05, 0) is 54.7 Å². The highest BCUT2D eigenvalue weighted by atomic mass is 19.1. The second kappa shape index (κ2) is 11.6. The molecular weight excluding hydrogens is 439 g/mol. The van der Waals surface area contributed by atoms with Crippen LogP contribution in [-0.4, -0.2) is 64.8 Å². The molecule has 2 aromatic rings. The third-order valence-corrected chi connectivity index (χ3v) is 6.01. The summed E-state index contributed by atoms with van der Waals surface area (Å²) in [5.74, 6) is -1.81. The van der Waals surface area contributed by atoms with Crippen LogP contribution in [0.25, 0.3) is 0 Å². The van der Waals surface area contributed by atoms with E-state index in [1.54, 1.807) is 38.1 Å². The number of hydrogen-bond acceptors (Lipinski definition) is 5. The fraction of sp³-hybridized carbons (Fsp3) is 0.400. The maximum absolute atomic E-state index is 13.3. The summed E-state index contributed by atoms with van der Waals surface area (Å²) in [5, 5.41) is 9.73. The smallest absolute Gasteiger partial charge is 0.245 e. The van der Waals surface area contributed by atoms with E-state index >= 15 is 0 Å². The molecule has 0 saturated heterocycles. The molecule has 184 valence electrons. The molecular formula is C25H33FN4O4. The minimum absolute atomic E-state index is 0.131. The molecule has 3 amide bonds. The van der Waals surface area contributed by atoms with Crippen molar-refractivity contribution >= 4 is 17.7 Å². The van der Waals surface area contributed by atoms with Gasteiger partial charge in [0.25, 0.3) is 0 Å². The number of halogens is 1. The summed E-state index contributed by atoms with van der Waals surface area (Å²) in [6.07, 6.45) is 0.656. The number of phenolic OH excluding ortho intramolecular Hbond substituents is 1. The molecule has 0 unspecified atom stereocenters. The minimum atomic E-state index is -0.943. The average molecular weight is 473 g/mol. The van der Waals surface area contributed by atoms with E-state index in [-0.39, 0.29) is 24.4 Å². The topological polar surface area (TPSA) is 130 Å². The molecule has 3 atom stereocenters. The van der Waals surface area contributed by atoms with Crippen LogP contribution in [0.1, 0.15) is 30.0 Å². The van der Waals surface area contributed by atoms with Crippen molar-refractivity contribution in [3.63, 3.8) is 0 Å². The van der Waals surface area contributed by atoms with E-state index < -0.39 is 35.8 Å². The number of primary amides is 1. The quantitative estimate of drug-likeness (QED) is 0.483. The number of carbonyl (C=O) groups is 3. The summed E-state index contributed by atoms with van der Waals surface area (Å²) in [4.78, 5) is 41.0. The van der Waals surface area contributed by atoms with E-state index in [2.05, 4.69) is 0 Å². The molecule has 34 heavy (non-hydrogen) atoms. The van der Waals surface area contributed by atoms with Crippen molar-refractivity contribution in [1.29, 1.82) is 0 Å². The number of nitrogens with two attached hydrogens (primary N) is 2. The highest BCUT2D eigenvalue weighted by Gasteiger charge is 2.34. The molecule has 0 heterocycles. The number of rotatable bonds is 10. The molecule has 0 aromatic heterocycles. The number of benzene rings is 2. The average Bonchev–Trinajstić information content (AvgIpc) is 2.80.